The SMILES string of the molecule is CC(CN)c1cc(Cl)c2c(c1)OCO2. The fraction of sp³-hybridized carbons (Fsp3) is 0.400. The molecule has 0 radical (unpaired) electrons. The molecule has 0 fully saturated rings. The summed E-state index contributed by atoms with van der Waals surface area (Å²) in [7, 11) is 0. The van der Waals surface area contributed by atoms with E-state index in [1.54, 1.807) is 0 Å². The maximum Gasteiger partial charge on any atom is 0.231 e. The highest BCUT2D eigenvalue weighted by atomic mass is 35.5. The Hall–Kier alpha value is -0.930. The summed E-state index contributed by atoms with van der Waals surface area (Å²) in [5.41, 5.74) is 6.67. The van der Waals surface area contributed by atoms with Crippen molar-refractivity contribution in [3.63, 3.8) is 0 Å². The first-order valence-electron chi connectivity index (χ1n) is 4.51. The van der Waals surface area contributed by atoms with Gasteiger partial charge in [-0.25, -0.2) is 0 Å². The quantitative estimate of drug-likeness (QED) is 0.819. The van der Waals surface area contributed by atoms with E-state index in [1.807, 2.05) is 19.1 Å². The van der Waals surface area contributed by atoms with Crippen LogP contribution >= 0.6 is 11.6 Å². The second kappa shape index (κ2) is 3.67. The summed E-state index contributed by atoms with van der Waals surface area (Å²) in [5.74, 6) is 1.63. The third-order valence-electron chi connectivity index (χ3n) is 2.37. The van der Waals surface area contributed by atoms with E-state index in [-0.39, 0.29) is 12.7 Å². The van der Waals surface area contributed by atoms with Crippen molar-refractivity contribution in [1.29, 1.82) is 0 Å². The Kier molecular flexibility index (Phi) is 2.52. The van der Waals surface area contributed by atoms with E-state index in [2.05, 4.69) is 0 Å². The van der Waals surface area contributed by atoms with Gasteiger partial charge in [-0.05, 0) is 30.2 Å². The minimum absolute atomic E-state index is 0.246. The van der Waals surface area contributed by atoms with Crippen molar-refractivity contribution >= 4 is 11.6 Å². The molecule has 1 aromatic rings. The van der Waals surface area contributed by atoms with Gasteiger partial charge >= 0.3 is 0 Å². The number of benzene rings is 1. The first-order valence-corrected chi connectivity index (χ1v) is 4.89. The van der Waals surface area contributed by atoms with Crippen LogP contribution in [0.1, 0.15) is 18.4 Å². The van der Waals surface area contributed by atoms with Crippen molar-refractivity contribution < 1.29 is 9.47 Å². The third-order valence-corrected chi connectivity index (χ3v) is 2.65. The van der Waals surface area contributed by atoms with Crippen LogP contribution in [0.2, 0.25) is 5.02 Å². The van der Waals surface area contributed by atoms with Gasteiger partial charge in [0.2, 0.25) is 6.79 Å². The summed E-state index contributed by atoms with van der Waals surface area (Å²) in [6.07, 6.45) is 0. The van der Waals surface area contributed by atoms with Crippen molar-refractivity contribution in [2.75, 3.05) is 13.3 Å². The van der Waals surface area contributed by atoms with Gasteiger partial charge in [-0.2, -0.15) is 0 Å². The lowest BCUT2D eigenvalue weighted by Crippen LogP contribution is -2.08. The van der Waals surface area contributed by atoms with Crippen LogP contribution in [0.15, 0.2) is 12.1 Å². The average Bonchev–Trinajstić information content (AvgIpc) is 2.64. The van der Waals surface area contributed by atoms with E-state index in [4.69, 9.17) is 26.8 Å². The predicted molar refractivity (Wildman–Crippen MR) is 55.0 cm³/mol. The van der Waals surface area contributed by atoms with Crippen molar-refractivity contribution in [2.24, 2.45) is 5.73 Å². The molecule has 1 atom stereocenters. The molecule has 0 saturated heterocycles. The molecule has 2 rings (SSSR count). The van der Waals surface area contributed by atoms with Crippen LogP contribution in [0.4, 0.5) is 0 Å². The smallest absolute Gasteiger partial charge is 0.231 e. The Bertz CT molecular complexity index is 354. The summed E-state index contributed by atoms with van der Waals surface area (Å²) in [6, 6.07) is 3.82. The van der Waals surface area contributed by atoms with Crippen LogP contribution in [-0.4, -0.2) is 13.3 Å². The van der Waals surface area contributed by atoms with E-state index < -0.39 is 0 Å². The third kappa shape index (κ3) is 1.53. The largest absolute Gasteiger partial charge is 0.454 e. The number of fused-ring (bicyclic) bond motifs is 1. The monoisotopic (exact) mass is 213 g/mol. The maximum atomic E-state index is 6.03. The van der Waals surface area contributed by atoms with Crippen LogP contribution in [0.3, 0.4) is 0 Å². The lowest BCUT2D eigenvalue weighted by Gasteiger charge is -2.10. The lowest BCUT2D eigenvalue weighted by atomic mass is 10.0. The molecule has 4 heteroatoms. The minimum atomic E-state index is 0.246. The Labute approximate surface area is 87.8 Å². The fourth-order valence-corrected chi connectivity index (χ4v) is 1.68. The summed E-state index contributed by atoms with van der Waals surface area (Å²) >= 11 is 6.03. The standard InChI is InChI=1S/C10H12ClNO2/c1-6(4-12)7-2-8(11)10-9(3-7)13-5-14-10/h2-3,6H,4-5,12H2,1H3. The highest BCUT2D eigenvalue weighted by molar-refractivity contribution is 6.32. The Morgan fingerprint density at radius 3 is 3.00 bits per heavy atom. The summed E-state index contributed by atoms with van der Waals surface area (Å²) in [4.78, 5) is 0. The zero-order valence-electron chi connectivity index (χ0n) is 7.92. The molecule has 0 spiro atoms. The second-order valence-corrected chi connectivity index (χ2v) is 3.78. The van der Waals surface area contributed by atoms with E-state index in [9.17, 15) is 0 Å². The molecule has 2 N–H and O–H groups in total. The molecule has 1 aliphatic heterocycles. The molecule has 1 aliphatic rings. The van der Waals surface area contributed by atoms with E-state index in [0.29, 0.717) is 23.1 Å². The summed E-state index contributed by atoms with van der Waals surface area (Å²) < 4.78 is 10.5. The van der Waals surface area contributed by atoms with Crippen LogP contribution < -0.4 is 15.2 Å². The molecule has 3 nitrogen and oxygen atoms in total. The molecule has 14 heavy (non-hydrogen) atoms. The summed E-state index contributed by atoms with van der Waals surface area (Å²) in [5, 5.41) is 0.593. The van der Waals surface area contributed by atoms with E-state index in [1.165, 1.54) is 0 Å². The van der Waals surface area contributed by atoms with Gasteiger partial charge in [-0.1, -0.05) is 18.5 Å². The topological polar surface area (TPSA) is 44.5 Å². The molecule has 1 unspecified atom stereocenters. The number of nitrogens with two attached hydrogens (primary N) is 1. The molecule has 0 aliphatic carbocycles. The summed E-state index contributed by atoms with van der Waals surface area (Å²) in [6.45, 7) is 2.89. The Balaban J connectivity index is 2.41. The van der Waals surface area contributed by atoms with Gasteiger partial charge in [0.25, 0.3) is 0 Å². The van der Waals surface area contributed by atoms with Crippen molar-refractivity contribution in [1.82, 2.24) is 0 Å². The fourth-order valence-electron chi connectivity index (χ4n) is 1.41. The van der Waals surface area contributed by atoms with Gasteiger partial charge in [0.1, 0.15) is 0 Å². The highest BCUT2D eigenvalue weighted by Crippen LogP contribution is 2.41. The van der Waals surface area contributed by atoms with E-state index >= 15 is 0 Å². The first-order chi connectivity index (χ1) is 6.72. The molecule has 0 saturated carbocycles. The molecule has 1 aromatic carbocycles. The molecule has 0 amide bonds. The van der Waals surface area contributed by atoms with E-state index in [0.717, 1.165) is 5.56 Å². The first kappa shape index (κ1) is 9.62. The van der Waals surface area contributed by atoms with Crippen LogP contribution in [0.5, 0.6) is 11.5 Å². The Morgan fingerprint density at radius 1 is 1.50 bits per heavy atom. The van der Waals surface area contributed by atoms with Gasteiger partial charge in [0.15, 0.2) is 11.5 Å². The number of rotatable bonds is 2. The zero-order valence-corrected chi connectivity index (χ0v) is 8.67. The van der Waals surface area contributed by atoms with Gasteiger partial charge in [-0.3, -0.25) is 0 Å². The van der Waals surface area contributed by atoms with Crippen molar-refractivity contribution in [3.8, 4) is 11.5 Å². The predicted octanol–water partition coefficient (Wildman–Crippen LogP) is 2.13. The van der Waals surface area contributed by atoms with Gasteiger partial charge in [0.05, 0.1) is 5.02 Å². The maximum absolute atomic E-state index is 6.03. The molecule has 0 aromatic heterocycles. The molecule has 1 heterocycles. The molecular weight excluding hydrogens is 202 g/mol. The second-order valence-electron chi connectivity index (χ2n) is 3.37. The zero-order chi connectivity index (χ0) is 10.1. The van der Waals surface area contributed by atoms with Crippen molar-refractivity contribution in [3.05, 3.63) is 22.7 Å². The number of ether oxygens (including phenoxy) is 2. The minimum Gasteiger partial charge on any atom is -0.454 e. The number of halogens is 1. The Morgan fingerprint density at radius 2 is 2.29 bits per heavy atom. The lowest BCUT2D eigenvalue weighted by molar-refractivity contribution is 0.174. The normalized spacial score (nSPS) is 15.6. The van der Waals surface area contributed by atoms with Crippen LogP contribution in [0.25, 0.3) is 0 Å². The average molecular weight is 214 g/mol. The molecule has 0 bridgehead atoms. The number of hydrogen-bond donors (Lipinski definition) is 1. The molecule has 76 valence electrons. The number of hydrogen-bond acceptors (Lipinski definition) is 3. The van der Waals surface area contributed by atoms with Gasteiger partial charge < -0.3 is 15.2 Å². The van der Waals surface area contributed by atoms with Gasteiger partial charge in [-0.15, -0.1) is 0 Å². The van der Waals surface area contributed by atoms with Crippen LogP contribution in [-0.2, 0) is 0 Å². The molecular formula is C10H12ClNO2. The van der Waals surface area contributed by atoms with Gasteiger partial charge in [0, 0.05) is 0 Å². The van der Waals surface area contributed by atoms with Crippen LogP contribution in [0, 0.1) is 0 Å². The van der Waals surface area contributed by atoms with Crippen molar-refractivity contribution in [2.45, 2.75) is 12.8 Å². The highest BCUT2D eigenvalue weighted by Gasteiger charge is 2.19.